The zero-order valence-electron chi connectivity index (χ0n) is 15.4. The Hall–Kier alpha value is -3.54. The van der Waals surface area contributed by atoms with Crippen molar-refractivity contribution in [2.24, 2.45) is 0 Å². The Bertz CT molecular complexity index is 1050. The Labute approximate surface area is 166 Å². The highest BCUT2D eigenvalue weighted by Crippen LogP contribution is 2.33. The number of nitrogens with zero attached hydrogens (tertiary/aromatic N) is 1. The van der Waals surface area contributed by atoms with Gasteiger partial charge in [-0.25, -0.2) is 8.78 Å². The van der Waals surface area contributed by atoms with E-state index in [4.69, 9.17) is 0 Å². The number of hydrogen-bond acceptors (Lipinski definition) is 2. The molecule has 1 N–H and O–H groups in total. The number of amides is 2. The molecule has 0 aliphatic carbocycles. The van der Waals surface area contributed by atoms with Crippen LogP contribution in [0.5, 0.6) is 0 Å². The number of nitrogens with one attached hydrogen (secondary N) is 1. The first kappa shape index (κ1) is 18.8. The summed E-state index contributed by atoms with van der Waals surface area (Å²) in [6, 6.07) is 18.0. The molecule has 0 unspecified atom stereocenters. The quantitative estimate of drug-likeness (QED) is 0.685. The lowest BCUT2D eigenvalue weighted by Crippen LogP contribution is -2.32. The van der Waals surface area contributed by atoms with Gasteiger partial charge in [0.1, 0.15) is 11.6 Å². The fraction of sp³-hybridized carbons (Fsp3) is 0.130. The maximum atomic E-state index is 13.4. The predicted octanol–water partition coefficient (Wildman–Crippen LogP) is 4.69. The van der Waals surface area contributed by atoms with Gasteiger partial charge < -0.3 is 10.2 Å². The summed E-state index contributed by atoms with van der Waals surface area (Å²) in [4.78, 5) is 27.2. The van der Waals surface area contributed by atoms with Crippen LogP contribution in [-0.2, 0) is 11.3 Å². The third-order valence-corrected chi connectivity index (χ3v) is 4.99. The van der Waals surface area contributed by atoms with Crippen LogP contribution in [0.4, 0.5) is 14.5 Å². The van der Waals surface area contributed by atoms with Crippen molar-refractivity contribution in [3.8, 4) is 0 Å². The maximum absolute atomic E-state index is 13.4. The van der Waals surface area contributed by atoms with Crippen LogP contribution in [0.15, 0.2) is 72.8 Å². The van der Waals surface area contributed by atoms with E-state index in [1.54, 1.807) is 29.2 Å². The first-order valence-electron chi connectivity index (χ1n) is 9.21. The average molecular weight is 392 g/mol. The average Bonchev–Trinajstić information content (AvgIpc) is 3.05. The summed E-state index contributed by atoms with van der Waals surface area (Å²) >= 11 is 0. The lowest BCUT2D eigenvalue weighted by Gasteiger charge is -2.28. The first-order valence-corrected chi connectivity index (χ1v) is 9.21. The molecule has 29 heavy (non-hydrogen) atoms. The molecule has 0 radical (unpaired) electrons. The fourth-order valence-corrected chi connectivity index (χ4v) is 3.54. The molecule has 0 aromatic heterocycles. The summed E-state index contributed by atoms with van der Waals surface area (Å²) in [6.07, 6.45) is -0.0112. The minimum Gasteiger partial charge on any atom is -0.327 e. The summed E-state index contributed by atoms with van der Waals surface area (Å²) in [6.45, 7) is 0.376. The standard InChI is InChI=1S/C23H18F2N2O2/c24-17-7-5-15(6-8-17)21(13-22(28)26-19-11-9-18(25)10-12-19)27-14-16-3-1-2-4-20(16)23(27)29/h1-12,21H,13-14H2,(H,26,28)/t21-/m0/s1. The smallest absolute Gasteiger partial charge is 0.255 e. The van der Waals surface area contributed by atoms with Gasteiger partial charge in [0.05, 0.1) is 12.5 Å². The molecule has 4 nitrogen and oxygen atoms in total. The summed E-state index contributed by atoms with van der Waals surface area (Å²) in [5.41, 5.74) is 2.63. The van der Waals surface area contributed by atoms with Crippen LogP contribution < -0.4 is 5.32 Å². The molecule has 3 aromatic carbocycles. The Kier molecular flexibility index (Phi) is 5.08. The molecule has 4 rings (SSSR count). The highest BCUT2D eigenvalue weighted by atomic mass is 19.1. The Morgan fingerprint density at radius 2 is 1.55 bits per heavy atom. The summed E-state index contributed by atoms with van der Waals surface area (Å²) in [5.74, 6) is -1.27. The van der Waals surface area contributed by atoms with E-state index in [9.17, 15) is 18.4 Å². The van der Waals surface area contributed by atoms with Gasteiger partial charge in [0.25, 0.3) is 5.91 Å². The van der Waals surface area contributed by atoms with Crippen LogP contribution >= 0.6 is 0 Å². The zero-order valence-corrected chi connectivity index (χ0v) is 15.4. The number of hydrogen-bond donors (Lipinski definition) is 1. The van der Waals surface area contributed by atoms with Gasteiger partial charge in [0, 0.05) is 17.8 Å². The highest BCUT2D eigenvalue weighted by molar-refractivity contribution is 5.99. The van der Waals surface area contributed by atoms with Crippen LogP contribution in [0.1, 0.15) is 33.9 Å². The topological polar surface area (TPSA) is 49.4 Å². The molecule has 0 saturated heterocycles. The Morgan fingerprint density at radius 1 is 0.931 bits per heavy atom. The van der Waals surface area contributed by atoms with Gasteiger partial charge >= 0.3 is 0 Å². The molecule has 6 heteroatoms. The van der Waals surface area contributed by atoms with Gasteiger partial charge in [-0.1, -0.05) is 30.3 Å². The second-order valence-corrected chi connectivity index (χ2v) is 6.92. The minimum absolute atomic E-state index is 0.0112. The molecule has 0 spiro atoms. The van der Waals surface area contributed by atoms with E-state index in [1.807, 2.05) is 12.1 Å². The van der Waals surface area contributed by atoms with E-state index in [0.29, 0.717) is 23.4 Å². The molecule has 1 aliphatic heterocycles. The molecule has 0 bridgehead atoms. The van der Waals surface area contributed by atoms with Gasteiger partial charge in [-0.15, -0.1) is 0 Å². The molecule has 0 saturated carbocycles. The molecule has 146 valence electrons. The SMILES string of the molecule is O=C(C[C@@H](c1ccc(F)cc1)N1Cc2ccccc2C1=O)Nc1ccc(F)cc1. The number of carbonyl (C=O) groups excluding carboxylic acids is 2. The van der Waals surface area contributed by atoms with Gasteiger partial charge in [0.2, 0.25) is 5.91 Å². The van der Waals surface area contributed by atoms with E-state index in [0.717, 1.165) is 5.56 Å². The predicted molar refractivity (Wildman–Crippen MR) is 105 cm³/mol. The number of anilines is 1. The van der Waals surface area contributed by atoms with Crippen molar-refractivity contribution in [3.63, 3.8) is 0 Å². The summed E-state index contributed by atoms with van der Waals surface area (Å²) in [5, 5.41) is 2.72. The lowest BCUT2D eigenvalue weighted by atomic mass is 10.0. The molecular weight excluding hydrogens is 374 g/mol. The van der Waals surface area contributed by atoms with Crippen molar-refractivity contribution in [2.45, 2.75) is 19.0 Å². The number of benzene rings is 3. The van der Waals surface area contributed by atoms with E-state index in [2.05, 4.69) is 5.32 Å². The van der Waals surface area contributed by atoms with Gasteiger partial charge in [-0.3, -0.25) is 9.59 Å². The van der Waals surface area contributed by atoms with Gasteiger partial charge in [0.15, 0.2) is 0 Å². The number of carbonyl (C=O) groups is 2. The monoisotopic (exact) mass is 392 g/mol. The van der Waals surface area contributed by atoms with Crippen molar-refractivity contribution in [1.82, 2.24) is 4.90 Å². The molecule has 1 aliphatic rings. The van der Waals surface area contributed by atoms with Crippen LogP contribution in [0.3, 0.4) is 0 Å². The summed E-state index contributed by atoms with van der Waals surface area (Å²) < 4.78 is 26.5. The van der Waals surface area contributed by atoms with Crippen molar-refractivity contribution in [1.29, 1.82) is 0 Å². The second kappa shape index (κ2) is 7.83. The van der Waals surface area contributed by atoms with Gasteiger partial charge in [-0.2, -0.15) is 0 Å². The highest BCUT2D eigenvalue weighted by Gasteiger charge is 2.34. The van der Waals surface area contributed by atoms with Crippen LogP contribution in [0, 0.1) is 11.6 Å². The van der Waals surface area contributed by atoms with Gasteiger partial charge in [-0.05, 0) is 53.6 Å². The molecule has 3 aromatic rings. The third-order valence-electron chi connectivity index (χ3n) is 4.99. The largest absolute Gasteiger partial charge is 0.327 e. The maximum Gasteiger partial charge on any atom is 0.255 e. The Balaban J connectivity index is 1.59. The van der Waals surface area contributed by atoms with Crippen molar-refractivity contribution in [3.05, 3.63) is 101 Å². The van der Waals surface area contributed by atoms with Crippen LogP contribution in [-0.4, -0.2) is 16.7 Å². The van der Waals surface area contributed by atoms with Crippen molar-refractivity contribution in [2.75, 3.05) is 5.32 Å². The Morgan fingerprint density at radius 3 is 2.21 bits per heavy atom. The number of fused-ring (bicyclic) bond motifs is 1. The molecular formula is C23H18F2N2O2. The zero-order chi connectivity index (χ0) is 20.4. The molecule has 0 fully saturated rings. The second-order valence-electron chi connectivity index (χ2n) is 6.92. The van der Waals surface area contributed by atoms with Crippen molar-refractivity contribution >= 4 is 17.5 Å². The number of halogens is 2. The van der Waals surface area contributed by atoms with Crippen molar-refractivity contribution < 1.29 is 18.4 Å². The summed E-state index contributed by atoms with van der Waals surface area (Å²) in [7, 11) is 0. The van der Waals surface area contributed by atoms with E-state index in [-0.39, 0.29) is 24.1 Å². The molecule has 2 amide bonds. The van der Waals surface area contributed by atoms with E-state index < -0.39 is 11.9 Å². The normalized spacial score (nSPS) is 13.9. The van der Waals surface area contributed by atoms with E-state index >= 15 is 0 Å². The molecule has 1 atom stereocenters. The third kappa shape index (κ3) is 4.01. The van der Waals surface area contributed by atoms with E-state index in [1.165, 1.54) is 36.4 Å². The van der Waals surface area contributed by atoms with Crippen LogP contribution in [0.2, 0.25) is 0 Å². The van der Waals surface area contributed by atoms with Crippen LogP contribution in [0.25, 0.3) is 0 Å². The molecule has 1 heterocycles. The first-order chi connectivity index (χ1) is 14.0. The fourth-order valence-electron chi connectivity index (χ4n) is 3.54. The minimum atomic E-state index is -0.559. The lowest BCUT2D eigenvalue weighted by molar-refractivity contribution is -0.117. The number of rotatable bonds is 5.